The summed E-state index contributed by atoms with van der Waals surface area (Å²) in [5.41, 5.74) is 0. The summed E-state index contributed by atoms with van der Waals surface area (Å²) in [6.07, 6.45) is 3.48. The van der Waals surface area contributed by atoms with Crippen molar-refractivity contribution in [3.8, 4) is 0 Å². The van der Waals surface area contributed by atoms with Crippen LogP contribution in [-0.2, 0) is 14.0 Å². The lowest BCUT2D eigenvalue weighted by Crippen LogP contribution is -2.68. The van der Waals surface area contributed by atoms with E-state index in [2.05, 4.69) is 81.4 Å². The van der Waals surface area contributed by atoms with Crippen LogP contribution in [0.25, 0.3) is 0 Å². The van der Waals surface area contributed by atoms with Crippen LogP contribution < -0.4 is 10.4 Å². The summed E-state index contributed by atoms with van der Waals surface area (Å²) in [4.78, 5) is 11.3. The van der Waals surface area contributed by atoms with Crippen molar-refractivity contribution < 1.29 is 14.0 Å². The van der Waals surface area contributed by atoms with Gasteiger partial charge in [-0.1, -0.05) is 81.4 Å². The Hall–Kier alpha value is -1.75. The summed E-state index contributed by atoms with van der Waals surface area (Å²) < 4.78 is 13.0. The maximum absolute atomic E-state index is 11.3. The van der Waals surface area contributed by atoms with Crippen molar-refractivity contribution in [1.82, 2.24) is 0 Å². The van der Waals surface area contributed by atoms with Gasteiger partial charge in [-0.15, -0.1) is 0 Å². The number of carbonyl (C=O) groups excluding carboxylic acids is 1. The molecule has 0 saturated heterocycles. The van der Waals surface area contributed by atoms with E-state index >= 15 is 0 Å². The summed E-state index contributed by atoms with van der Waals surface area (Å²) in [6, 6.07) is 21.4. The van der Waals surface area contributed by atoms with Crippen molar-refractivity contribution in [2.45, 2.75) is 57.3 Å². The highest BCUT2D eigenvalue weighted by atomic mass is 28.4. The third kappa shape index (κ3) is 4.00. The van der Waals surface area contributed by atoms with Gasteiger partial charge in [-0.25, -0.2) is 0 Å². The Morgan fingerprint density at radius 1 is 0.893 bits per heavy atom. The van der Waals surface area contributed by atoms with Gasteiger partial charge in [0.1, 0.15) is 6.29 Å². The molecule has 3 rings (SSSR count). The molecule has 0 heterocycles. The quantitative estimate of drug-likeness (QED) is 0.548. The molecule has 0 aromatic heterocycles. The minimum absolute atomic E-state index is 0.00694. The topological polar surface area (TPSA) is 35.5 Å². The minimum atomic E-state index is -2.60. The van der Waals surface area contributed by atoms with Gasteiger partial charge < -0.3 is 14.0 Å². The maximum Gasteiger partial charge on any atom is 0.261 e. The predicted octanol–water partition coefficient (Wildman–Crippen LogP) is 3.95. The zero-order chi connectivity index (χ0) is 20.2. The number of aldehydes is 1. The molecule has 28 heavy (non-hydrogen) atoms. The van der Waals surface area contributed by atoms with Crippen molar-refractivity contribution in [2.75, 3.05) is 7.11 Å². The van der Waals surface area contributed by atoms with Crippen LogP contribution in [-0.4, -0.2) is 33.9 Å². The summed E-state index contributed by atoms with van der Waals surface area (Å²) >= 11 is 0. The van der Waals surface area contributed by atoms with Gasteiger partial charge in [0.05, 0.1) is 12.2 Å². The first kappa shape index (κ1) is 21.0. The van der Waals surface area contributed by atoms with E-state index in [4.69, 9.17) is 9.16 Å². The van der Waals surface area contributed by atoms with E-state index in [1.807, 2.05) is 0 Å². The summed E-state index contributed by atoms with van der Waals surface area (Å²) in [7, 11) is -0.860. The fraction of sp³-hybridized carbons (Fsp3) is 0.458. The molecule has 4 heteroatoms. The van der Waals surface area contributed by atoms with Gasteiger partial charge in [0.15, 0.2) is 0 Å². The molecule has 3 nitrogen and oxygen atoms in total. The van der Waals surface area contributed by atoms with Crippen LogP contribution in [0.5, 0.6) is 0 Å². The van der Waals surface area contributed by atoms with Gasteiger partial charge in [0.2, 0.25) is 0 Å². The molecule has 0 radical (unpaired) electrons. The van der Waals surface area contributed by atoms with Crippen molar-refractivity contribution in [3.05, 3.63) is 60.7 Å². The molecular formula is C24H32O3Si. The normalized spacial score (nSPS) is 23.4. The van der Waals surface area contributed by atoms with E-state index in [-0.39, 0.29) is 23.2 Å². The zero-order valence-corrected chi connectivity index (χ0v) is 18.4. The van der Waals surface area contributed by atoms with Crippen molar-refractivity contribution in [2.24, 2.45) is 5.92 Å². The van der Waals surface area contributed by atoms with Gasteiger partial charge in [0.25, 0.3) is 8.32 Å². The molecule has 150 valence electrons. The molecule has 0 amide bonds. The third-order valence-electron chi connectivity index (χ3n) is 6.01. The Balaban J connectivity index is 2.10. The molecule has 0 bridgehead atoms. The van der Waals surface area contributed by atoms with Gasteiger partial charge in [0, 0.05) is 13.0 Å². The summed E-state index contributed by atoms with van der Waals surface area (Å²) in [5.74, 6) is 0.0731. The Kier molecular flexibility index (Phi) is 6.53. The number of hydrogen-bond donors (Lipinski definition) is 0. The molecule has 1 saturated carbocycles. The number of carbonyl (C=O) groups is 1. The van der Waals surface area contributed by atoms with Gasteiger partial charge in [-0.3, -0.25) is 0 Å². The Morgan fingerprint density at radius 2 is 1.43 bits per heavy atom. The molecule has 0 spiro atoms. The molecule has 0 aliphatic heterocycles. The second-order valence-corrected chi connectivity index (χ2v) is 13.1. The molecule has 3 atom stereocenters. The molecule has 2 aromatic carbocycles. The lowest BCUT2D eigenvalue weighted by Gasteiger charge is -2.47. The van der Waals surface area contributed by atoms with E-state index in [9.17, 15) is 4.79 Å². The van der Waals surface area contributed by atoms with E-state index in [0.29, 0.717) is 0 Å². The molecule has 1 aliphatic rings. The van der Waals surface area contributed by atoms with Crippen LogP contribution in [0.1, 0.15) is 40.0 Å². The van der Waals surface area contributed by atoms with E-state index < -0.39 is 8.32 Å². The van der Waals surface area contributed by atoms with E-state index in [0.717, 1.165) is 25.5 Å². The van der Waals surface area contributed by atoms with Gasteiger partial charge in [-0.05, 0) is 34.7 Å². The first-order valence-electron chi connectivity index (χ1n) is 10.2. The highest BCUT2D eigenvalue weighted by Crippen LogP contribution is 2.40. The van der Waals surface area contributed by atoms with E-state index in [1.54, 1.807) is 7.11 Å². The Bertz CT molecular complexity index is 715. The number of ether oxygens (including phenoxy) is 1. The highest BCUT2D eigenvalue weighted by molar-refractivity contribution is 6.99. The van der Waals surface area contributed by atoms with Gasteiger partial charge >= 0.3 is 0 Å². The number of hydrogen-bond acceptors (Lipinski definition) is 3. The second kappa shape index (κ2) is 8.72. The van der Waals surface area contributed by atoms with Crippen LogP contribution in [0.2, 0.25) is 5.04 Å². The van der Waals surface area contributed by atoms with Crippen LogP contribution in [0, 0.1) is 5.92 Å². The maximum atomic E-state index is 11.3. The van der Waals surface area contributed by atoms with E-state index in [1.165, 1.54) is 10.4 Å². The Morgan fingerprint density at radius 3 is 1.86 bits per heavy atom. The smallest absolute Gasteiger partial charge is 0.261 e. The van der Waals surface area contributed by atoms with Crippen LogP contribution in [0.3, 0.4) is 0 Å². The van der Waals surface area contributed by atoms with Gasteiger partial charge in [-0.2, -0.15) is 0 Å². The highest BCUT2D eigenvalue weighted by Gasteiger charge is 2.52. The predicted molar refractivity (Wildman–Crippen MR) is 117 cm³/mol. The zero-order valence-electron chi connectivity index (χ0n) is 17.4. The molecule has 1 aliphatic carbocycles. The fourth-order valence-corrected chi connectivity index (χ4v) is 9.30. The molecule has 2 aromatic rings. The molecular weight excluding hydrogens is 364 g/mol. The first-order valence-corrected chi connectivity index (χ1v) is 12.1. The summed E-state index contributed by atoms with van der Waals surface area (Å²) in [6.45, 7) is 6.87. The Labute approximate surface area is 170 Å². The second-order valence-electron chi connectivity index (χ2n) is 8.80. The number of rotatable bonds is 6. The monoisotopic (exact) mass is 396 g/mol. The lowest BCUT2D eigenvalue weighted by molar-refractivity contribution is -0.115. The largest absolute Gasteiger partial charge is 0.402 e. The standard InChI is InChI=1S/C24H32O3Si/c1-24(2,3)28(20-11-7-5-8-12-20,21-13-9-6-10-14-21)27-22-16-15-19(18-25)17-23(22)26-4/h5-14,18-19,22-23H,15-17H2,1-4H3/t19-,22-,23-/m1/s1. The summed E-state index contributed by atoms with van der Waals surface area (Å²) in [5, 5.41) is 2.50. The van der Waals surface area contributed by atoms with Crippen LogP contribution in [0.4, 0.5) is 0 Å². The van der Waals surface area contributed by atoms with Crippen LogP contribution in [0.15, 0.2) is 60.7 Å². The lowest BCUT2D eigenvalue weighted by atomic mass is 9.86. The number of benzene rings is 2. The molecule has 0 N–H and O–H groups in total. The third-order valence-corrected chi connectivity index (χ3v) is 11.1. The van der Waals surface area contributed by atoms with Crippen molar-refractivity contribution >= 4 is 25.0 Å². The average Bonchev–Trinajstić information content (AvgIpc) is 2.72. The SMILES string of the molecule is CO[C@@H]1C[C@H](C=O)CC[C@H]1O[Si](c1ccccc1)(c1ccccc1)C(C)(C)C. The average molecular weight is 397 g/mol. The molecule has 1 fully saturated rings. The van der Waals surface area contributed by atoms with Crippen molar-refractivity contribution in [1.29, 1.82) is 0 Å². The van der Waals surface area contributed by atoms with Crippen LogP contribution >= 0.6 is 0 Å². The fourth-order valence-electron chi connectivity index (χ4n) is 4.56. The molecule has 0 unspecified atom stereocenters. The minimum Gasteiger partial charge on any atom is -0.402 e. The first-order chi connectivity index (χ1) is 13.4. The number of methoxy groups -OCH3 is 1. The van der Waals surface area contributed by atoms with Crippen molar-refractivity contribution in [3.63, 3.8) is 0 Å².